The highest BCUT2D eigenvalue weighted by atomic mass is 16.5. The molecule has 1 aromatic carbocycles. The van der Waals surface area contributed by atoms with E-state index in [0.29, 0.717) is 12.5 Å². The van der Waals surface area contributed by atoms with Gasteiger partial charge in [0.1, 0.15) is 5.75 Å². The Kier molecular flexibility index (Phi) is 4.80. The number of likely N-dealkylation sites (tertiary alicyclic amines) is 1. The van der Waals surface area contributed by atoms with Crippen molar-refractivity contribution in [2.75, 3.05) is 26.2 Å². The molecule has 0 aliphatic carbocycles. The number of nitrogens with zero attached hydrogens (tertiary/aromatic N) is 1. The number of carbonyl (C=O) groups is 1. The monoisotopic (exact) mass is 262 g/mol. The number of hydrogen-bond donors (Lipinski definition) is 1. The van der Waals surface area contributed by atoms with Crippen LogP contribution in [0.15, 0.2) is 24.3 Å². The zero-order valence-electron chi connectivity index (χ0n) is 11.5. The highest BCUT2D eigenvalue weighted by molar-refractivity contribution is 5.78. The van der Waals surface area contributed by atoms with Crippen molar-refractivity contribution in [3.8, 4) is 5.75 Å². The standard InChI is InChI=1S/C15H22N2O2/c1-2-19-14-5-3-12(4-6-14)13-7-9-17(10-8-13)15(18)11-16/h3-6,13H,2,7-11,16H2,1H3. The first-order valence-electron chi connectivity index (χ1n) is 6.95. The number of rotatable bonds is 4. The zero-order chi connectivity index (χ0) is 13.7. The third kappa shape index (κ3) is 3.47. The minimum Gasteiger partial charge on any atom is -0.494 e. The number of carbonyl (C=O) groups excluding carboxylic acids is 1. The Morgan fingerprint density at radius 1 is 1.32 bits per heavy atom. The van der Waals surface area contributed by atoms with Crippen LogP contribution in [0.2, 0.25) is 0 Å². The second kappa shape index (κ2) is 6.57. The van der Waals surface area contributed by atoms with Gasteiger partial charge >= 0.3 is 0 Å². The largest absolute Gasteiger partial charge is 0.494 e. The molecule has 0 saturated carbocycles. The van der Waals surface area contributed by atoms with Crippen LogP contribution in [0, 0.1) is 0 Å². The van der Waals surface area contributed by atoms with E-state index in [4.69, 9.17) is 10.5 Å². The first kappa shape index (κ1) is 13.9. The van der Waals surface area contributed by atoms with E-state index in [1.807, 2.05) is 24.0 Å². The van der Waals surface area contributed by atoms with Gasteiger partial charge in [-0.2, -0.15) is 0 Å². The summed E-state index contributed by atoms with van der Waals surface area (Å²) in [5.41, 5.74) is 6.73. The van der Waals surface area contributed by atoms with E-state index in [0.717, 1.165) is 31.7 Å². The Labute approximate surface area is 114 Å². The molecule has 19 heavy (non-hydrogen) atoms. The van der Waals surface area contributed by atoms with Crippen LogP contribution >= 0.6 is 0 Å². The summed E-state index contributed by atoms with van der Waals surface area (Å²) in [6.07, 6.45) is 2.03. The molecule has 1 amide bonds. The molecule has 2 rings (SSSR count). The molecule has 1 saturated heterocycles. The van der Waals surface area contributed by atoms with E-state index in [1.54, 1.807) is 0 Å². The molecule has 0 aromatic heterocycles. The molecule has 1 aliphatic rings. The molecule has 4 heteroatoms. The third-order valence-electron chi connectivity index (χ3n) is 3.68. The van der Waals surface area contributed by atoms with Crippen LogP contribution in [0.5, 0.6) is 5.75 Å². The van der Waals surface area contributed by atoms with E-state index in [-0.39, 0.29) is 12.5 Å². The quantitative estimate of drug-likeness (QED) is 0.899. The fourth-order valence-corrected chi connectivity index (χ4v) is 2.59. The molecule has 1 fully saturated rings. The summed E-state index contributed by atoms with van der Waals surface area (Å²) in [6, 6.07) is 8.32. The lowest BCUT2D eigenvalue weighted by molar-refractivity contribution is -0.130. The van der Waals surface area contributed by atoms with Gasteiger partial charge in [-0.15, -0.1) is 0 Å². The number of benzene rings is 1. The van der Waals surface area contributed by atoms with Crippen molar-refractivity contribution in [2.45, 2.75) is 25.7 Å². The van der Waals surface area contributed by atoms with E-state index >= 15 is 0 Å². The first-order valence-corrected chi connectivity index (χ1v) is 6.95. The van der Waals surface area contributed by atoms with Crippen molar-refractivity contribution in [1.29, 1.82) is 0 Å². The molecule has 1 heterocycles. The average Bonchev–Trinajstić information content (AvgIpc) is 2.48. The summed E-state index contributed by atoms with van der Waals surface area (Å²) in [6.45, 7) is 4.42. The molecule has 0 bridgehead atoms. The number of nitrogens with two attached hydrogens (primary N) is 1. The summed E-state index contributed by atoms with van der Waals surface area (Å²) in [4.78, 5) is 13.4. The molecule has 2 N–H and O–H groups in total. The zero-order valence-corrected chi connectivity index (χ0v) is 11.5. The van der Waals surface area contributed by atoms with Crippen molar-refractivity contribution in [3.05, 3.63) is 29.8 Å². The Balaban J connectivity index is 1.92. The third-order valence-corrected chi connectivity index (χ3v) is 3.68. The van der Waals surface area contributed by atoms with Crippen molar-refractivity contribution < 1.29 is 9.53 Å². The van der Waals surface area contributed by atoms with Crippen LogP contribution in [-0.4, -0.2) is 37.0 Å². The summed E-state index contributed by atoms with van der Waals surface area (Å²) >= 11 is 0. The van der Waals surface area contributed by atoms with E-state index in [1.165, 1.54) is 5.56 Å². The Morgan fingerprint density at radius 3 is 2.47 bits per heavy atom. The summed E-state index contributed by atoms with van der Waals surface area (Å²) in [5.74, 6) is 1.52. The van der Waals surface area contributed by atoms with Crippen LogP contribution in [-0.2, 0) is 4.79 Å². The van der Waals surface area contributed by atoms with Gasteiger partial charge in [-0.25, -0.2) is 0 Å². The highest BCUT2D eigenvalue weighted by Gasteiger charge is 2.22. The molecule has 0 unspecified atom stereocenters. The van der Waals surface area contributed by atoms with Crippen molar-refractivity contribution in [2.24, 2.45) is 5.73 Å². The number of piperidine rings is 1. The number of amides is 1. The van der Waals surface area contributed by atoms with Gasteiger partial charge in [-0.1, -0.05) is 12.1 Å². The van der Waals surface area contributed by atoms with E-state index < -0.39 is 0 Å². The van der Waals surface area contributed by atoms with E-state index in [9.17, 15) is 4.79 Å². The minimum absolute atomic E-state index is 0.0603. The molecular formula is C15H22N2O2. The fourth-order valence-electron chi connectivity index (χ4n) is 2.59. The fraction of sp³-hybridized carbons (Fsp3) is 0.533. The molecule has 104 valence electrons. The van der Waals surface area contributed by atoms with Crippen LogP contribution in [0.3, 0.4) is 0 Å². The maximum atomic E-state index is 11.5. The van der Waals surface area contributed by atoms with Gasteiger partial charge in [0.15, 0.2) is 0 Å². The molecular weight excluding hydrogens is 240 g/mol. The summed E-state index contributed by atoms with van der Waals surface area (Å²) < 4.78 is 5.44. The maximum absolute atomic E-state index is 11.5. The summed E-state index contributed by atoms with van der Waals surface area (Å²) in [5, 5.41) is 0. The van der Waals surface area contributed by atoms with Gasteiger partial charge in [-0.05, 0) is 43.4 Å². The average molecular weight is 262 g/mol. The molecule has 1 aromatic rings. The summed E-state index contributed by atoms with van der Waals surface area (Å²) in [7, 11) is 0. The van der Waals surface area contributed by atoms with Gasteiger partial charge < -0.3 is 15.4 Å². The second-order valence-electron chi connectivity index (χ2n) is 4.86. The first-order chi connectivity index (χ1) is 9.24. The molecule has 0 spiro atoms. The van der Waals surface area contributed by atoms with E-state index in [2.05, 4.69) is 12.1 Å². The Morgan fingerprint density at radius 2 is 1.95 bits per heavy atom. The Bertz CT molecular complexity index is 409. The number of hydrogen-bond acceptors (Lipinski definition) is 3. The van der Waals surface area contributed by atoms with Crippen LogP contribution in [0.25, 0.3) is 0 Å². The highest BCUT2D eigenvalue weighted by Crippen LogP contribution is 2.29. The molecule has 1 aliphatic heterocycles. The minimum atomic E-state index is 0.0603. The van der Waals surface area contributed by atoms with Gasteiger partial charge in [0, 0.05) is 13.1 Å². The SMILES string of the molecule is CCOc1ccc(C2CCN(C(=O)CN)CC2)cc1. The van der Waals surface area contributed by atoms with Crippen molar-refractivity contribution in [3.63, 3.8) is 0 Å². The van der Waals surface area contributed by atoms with Gasteiger partial charge in [0.2, 0.25) is 5.91 Å². The van der Waals surface area contributed by atoms with Crippen LogP contribution < -0.4 is 10.5 Å². The van der Waals surface area contributed by atoms with Crippen molar-refractivity contribution in [1.82, 2.24) is 4.90 Å². The van der Waals surface area contributed by atoms with Gasteiger partial charge in [0.05, 0.1) is 13.2 Å². The second-order valence-corrected chi connectivity index (χ2v) is 4.86. The lowest BCUT2D eigenvalue weighted by atomic mass is 9.89. The predicted molar refractivity (Wildman–Crippen MR) is 75.2 cm³/mol. The molecule has 0 atom stereocenters. The maximum Gasteiger partial charge on any atom is 0.236 e. The normalized spacial score (nSPS) is 16.4. The lowest BCUT2D eigenvalue weighted by Crippen LogP contribution is -2.41. The van der Waals surface area contributed by atoms with Crippen LogP contribution in [0.4, 0.5) is 0 Å². The Hall–Kier alpha value is -1.55. The van der Waals surface area contributed by atoms with Crippen LogP contribution in [0.1, 0.15) is 31.2 Å². The molecule has 0 radical (unpaired) electrons. The number of ether oxygens (including phenoxy) is 1. The van der Waals surface area contributed by atoms with Crippen molar-refractivity contribution >= 4 is 5.91 Å². The van der Waals surface area contributed by atoms with Gasteiger partial charge in [-0.3, -0.25) is 4.79 Å². The lowest BCUT2D eigenvalue weighted by Gasteiger charge is -2.32. The smallest absolute Gasteiger partial charge is 0.236 e. The topological polar surface area (TPSA) is 55.6 Å². The van der Waals surface area contributed by atoms with Gasteiger partial charge in [0.25, 0.3) is 0 Å². The predicted octanol–water partition coefficient (Wildman–Crippen LogP) is 1.75. The molecule has 4 nitrogen and oxygen atoms in total.